The molecule has 2 radical (unpaired) electrons. The Morgan fingerprint density at radius 1 is 1.43 bits per heavy atom. The largest absolute Gasteiger partial charge is 0.380 e. The molecule has 14 heavy (non-hydrogen) atoms. The second-order valence-electron chi connectivity index (χ2n) is 4.24. The zero-order valence-electron chi connectivity index (χ0n) is 9.75. The van der Waals surface area contributed by atoms with Crippen molar-refractivity contribution in [2.45, 2.75) is 56.9 Å². The predicted octanol–water partition coefficient (Wildman–Crippen LogP) is 2.83. The van der Waals surface area contributed by atoms with Crippen molar-refractivity contribution in [3.05, 3.63) is 0 Å². The van der Waals surface area contributed by atoms with Gasteiger partial charge < -0.3 is 4.74 Å². The number of hydrogen-bond donors (Lipinski definition) is 0. The summed E-state index contributed by atoms with van der Waals surface area (Å²) in [5.74, 6) is 0.567. The summed E-state index contributed by atoms with van der Waals surface area (Å²) in [5, 5.41) is 0.460. The van der Waals surface area contributed by atoms with Crippen LogP contribution in [0.4, 0.5) is 0 Å². The Kier molecular flexibility index (Phi) is 4.39. The summed E-state index contributed by atoms with van der Waals surface area (Å²) in [6.45, 7) is 6.71. The van der Waals surface area contributed by atoms with E-state index in [0.717, 1.165) is 12.8 Å². The maximum atomic E-state index is 6.02. The van der Waals surface area contributed by atoms with Gasteiger partial charge in [-0.05, 0) is 25.0 Å². The summed E-state index contributed by atoms with van der Waals surface area (Å²) in [5.41, 5.74) is 0.0435. The van der Waals surface area contributed by atoms with Gasteiger partial charge in [-0.15, -0.1) is 0 Å². The molecule has 0 N–H and O–H groups in total. The molecule has 0 spiro atoms. The lowest BCUT2D eigenvalue weighted by Gasteiger charge is -2.32. The van der Waals surface area contributed by atoms with Crippen molar-refractivity contribution in [1.82, 2.24) is 0 Å². The molecule has 0 aromatic rings. The molecule has 0 aromatic heterocycles. The van der Waals surface area contributed by atoms with E-state index in [9.17, 15) is 0 Å². The second kappa shape index (κ2) is 4.93. The molecule has 0 amide bonds. The van der Waals surface area contributed by atoms with Gasteiger partial charge in [-0.1, -0.05) is 27.2 Å². The zero-order valence-corrected chi connectivity index (χ0v) is 10.6. The van der Waals surface area contributed by atoms with Crippen LogP contribution in [0.25, 0.3) is 0 Å². The van der Waals surface area contributed by atoms with E-state index in [4.69, 9.17) is 12.6 Å². The normalized spacial score (nSPS) is 43.0. The molecule has 1 aliphatic rings. The van der Waals surface area contributed by atoms with Gasteiger partial charge in [-0.3, -0.25) is 0 Å². The van der Waals surface area contributed by atoms with Crippen LogP contribution >= 0.6 is 11.8 Å². The Hall–Kier alpha value is 0.375. The molecule has 3 heteroatoms. The first-order chi connectivity index (χ1) is 6.61. The molecule has 3 unspecified atom stereocenters. The summed E-state index contributed by atoms with van der Waals surface area (Å²) in [7, 11) is 6.02. The molecule has 1 heterocycles. The van der Waals surface area contributed by atoms with Gasteiger partial charge in [0.05, 0.1) is 5.60 Å². The van der Waals surface area contributed by atoms with Crippen molar-refractivity contribution in [2.24, 2.45) is 5.92 Å². The molecule has 1 saturated heterocycles. The topological polar surface area (TPSA) is 9.23 Å². The third-order valence-electron chi connectivity index (χ3n) is 3.56. The standard InChI is InChI=1S/C11H21BOS/c1-5-7-11(6-2)8(3)9(14-4)10(12)13-11/h8-10H,5-7H2,1-4H3/t8?,9?,10?,11-/m1/s1. The minimum atomic E-state index is -0.0773. The van der Waals surface area contributed by atoms with Crippen molar-refractivity contribution < 1.29 is 4.74 Å². The minimum Gasteiger partial charge on any atom is -0.380 e. The highest BCUT2D eigenvalue weighted by atomic mass is 32.2. The third-order valence-corrected chi connectivity index (χ3v) is 4.78. The fourth-order valence-corrected chi connectivity index (χ4v) is 3.64. The van der Waals surface area contributed by atoms with Gasteiger partial charge in [0.15, 0.2) is 0 Å². The first-order valence-electron chi connectivity index (χ1n) is 5.57. The molecule has 1 fully saturated rings. The van der Waals surface area contributed by atoms with E-state index in [1.54, 1.807) is 0 Å². The molecule has 1 rings (SSSR count). The Morgan fingerprint density at radius 3 is 2.43 bits per heavy atom. The van der Waals surface area contributed by atoms with Gasteiger partial charge in [0, 0.05) is 11.3 Å². The van der Waals surface area contributed by atoms with Crippen LogP contribution in [0.3, 0.4) is 0 Å². The Morgan fingerprint density at radius 2 is 2.07 bits per heavy atom. The monoisotopic (exact) mass is 212 g/mol. The SMILES string of the molecule is [B]C1O[C@](CC)(CCC)C(C)C1SC. The summed E-state index contributed by atoms with van der Waals surface area (Å²) < 4.78 is 6.01. The van der Waals surface area contributed by atoms with Crippen molar-refractivity contribution >= 4 is 19.6 Å². The van der Waals surface area contributed by atoms with Crippen LogP contribution in [0, 0.1) is 5.92 Å². The molecule has 0 aromatic carbocycles. The number of rotatable bonds is 4. The highest BCUT2D eigenvalue weighted by molar-refractivity contribution is 7.99. The molecule has 80 valence electrons. The van der Waals surface area contributed by atoms with Crippen molar-refractivity contribution in [3.63, 3.8) is 0 Å². The van der Waals surface area contributed by atoms with Crippen LogP contribution in [0.1, 0.15) is 40.0 Å². The second-order valence-corrected chi connectivity index (χ2v) is 5.26. The molecule has 0 aliphatic carbocycles. The van der Waals surface area contributed by atoms with Gasteiger partial charge in [0.2, 0.25) is 0 Å². The first kappa shape index (κ1) is 12.4. The number of ether oxygens (including phenoxy) is 1. The summed E-state index contributed by atoms with van der Waals surface area (Å²) in [4.78, 5) is 0. The predicted molar refractivity (Wildman–Crippen MR) is 65.0 cm³/mol. The van der Waals surface area contributed by atoms with Crippen LogP contribution in [-0.4, -0.2) is 31.0 Å². The number of hydrogen-bond acceptors (Lipinski definition) is 2. The van der Waals surface area contributed by atoms with Gasteiger partial charge in [-0.2, -0.15) is 11.8 Å². The average Bonchev–Trinajstić information content (AvgIpc) is 2.40. The summed E-state index contributed by atoms with van der Waals surface area (Å²) >= 11 is 1.84. The van der Waals surface area contributed by atoms with E-state index in [2.05, 4.69) is 27.0 Å². The molecule has 0 bridgehead atoms. The smallest absolute Gasteiger partial charge is 0.110 e. The molecular weight excluding hydrogens is 191 g/mol. The summed E-state index contributed by atoms with van der Waals surface area (Å²) in [6.07, 6.45) is 5.51. The lowest BCUT2D eigenvalue weighted by Crippen LogP contribution is -2.35. The van der Waals surface area contributed by atoms with Crippen LogP contribution in [0.5, 0.6) is 0 Å². The lowest BCUT2D eigenvalue weighted by molar-refractivity contribution is -0.0410. The van der Waals surface area contributed by atoms with Crippen LogP contribution in [0.15, 0.2) is 0 Å². The fourth-order valence-electron chi connectivity index (χ4n) is 2.66. The van der Waals surface area contributed by atoms with Gasteiger partial charge in [0.25, 0.3) is 0 Å². The van der Waals surface area contributed by atoms with E-state index < -0.39 is 0 Å². The zero-order chi connectivity index (χ0) is 10.8. The van der Waals surface area contributed by atoms with Gasteiger partial charge in [-0.25, -0.2) is 0 Å². The molecular formula is C11H21BOS. The van der Waals surface area contributed by atoms with E-state index in [0.29, 0.717) is 11.2 Å². The molecule has 1 aliphatic heterocycles. The minimum absolute atomic E-state index is 0.0435. The van der Waals surface area contributed by atoms with Crippen molar-refractivity contribution in [1.29, 1.82) is 0 Å². The third kappa shape index (κ3) is 1.99. The van der Waals surface area contributed by atoms with Crippen LogP contribution in [0.2, 0.25) is 0 Å². The molecule has 4 atom stereocenters. The highest BCUT2D eigenvalue weighted by Gasteiger charge is 2.48. The van der Waals surface area contributed by atoms with Crippen molar-refractivity contribution in [3.8, 4) is 0 Å². The average molecular weight is 212 g/mol. The number of thioether (sulfide) groups is 1. The van der Waals surface area contributed by atoms with Crippen LogP contribution < -0.4 is 0 Å². The Bertz CT molecular complexity index is 188. The summed E-state index contributed by atoms with van der Waals surface area (Å²) in [6, 6.07) is -0.0773. The van der Waals surface area contributed by atoms with Gasteiger partial charge >= 0.3 is 0 Å². The highest BCUT2D eigenvalue weighted by Crippen LogP contribution is 2.45. The molecule has 1 nitrogen and oxygen atoms in total. The maximum absolute atomic E-state index is 6.02. The Labute approximate surface area is 93.8 Å². The van der Waals surface area contributed by atoms with E-state index in [1.807, 2.05) is 11.8 Å². The first-order valence-corrected chi connectivity index (χ1v) is 6.86. The fraction of sp³-hybridized carbons (Fsp3) is 1.00. The van der Waals surface area contributed by atoms with Crippen LogP contribution in [-0.2, 0) is 4.74 Å². The van der Waals surface area contributed by atoms with E-state index in [1.165, 1.54) is 6.42 Å². The lowest BCUT2D eigenvalue weighted by atomic mass is 9.80. The van der Waals surface area contributed by atoms with E-state index in [-0.39, 0.29) is 11.6 Å². The van der Waals surface area contributed by atoms with E-state index >= 15 is 0 Å². The maximum Gasteiger partial charge on any atom is 0.110 e. The van der Waals surface area contributed by atoms with Crippen molar-refractivity contribution in [2.75, 3.05) is 6.26 Å². The quantitative estimate of drug-likeness (QED) is 0.662. The van der Waals surface area contributed by atoms with Gasteiger partial charge in [0.1, 0.15) is 7.85 Å². The molecule has 0 saturated carbocycles. The Balaban J connectivity index is 2.79.